The van der Waals surface area contributed by atoms with Crippen molar-refractivity contribution in [1.82, 2.24) is 0 Å². The fourth-order valence-electron chi connectivity index (χ4n) is 2.65. The SMILES string of the molecule is CCCOc1cc(N)cc(NCC2CCOC2CC)c1. The molecule has 1 aromatic carbocycles. The van der Waals surface area contributed by atoms with Crippen LogP contribution in [0.1, 0.15) is 33.1 Å². The minimum absolute atomic E-state index is 0.388. The largest absolute Gasteiger partial charge is 0.493 e. The molecule has 2 atom stereocenters. The first-order valence-electron chi connectivity index (χ1n) is 7.61. The van der Waals surface area contributed by atoms with E-state index in [0.717, 1.165) is 56.1 Å². The summed E-state index contributed by atoms with van der Waals surface area (Å²) in [5.74, 6) is 1.42. The molecule has 4 heteroatoms. The zero-order chi connectivity index (χ0) is 14.4. The predicted octanol–water partition coefficient (Wildman–Crippen LogP) is 3.28. The van der Waals surface area contributed by atoms with E-state index in [2.05, 4.69) is 19.2 Å². The van der Waals surface area contributed by atoms with Crippen LogP contribution >= 0.6 is 0 Å². The van der Waals surface area contributed by atoms with Crippen LogP contribution in [-0.4, -0.2) is 25.9 Å². The quantitative estimate of drug-likeness (QED) is 0.751. The molecule has 0 radical (unpaired) electrons. The van der Waals surface area contributed by atoms with Crippen LogP contribution in [0.5, 0.6) is 5.75 Å². The molecule has 4 nitrogen and oxygen atoms in total. The van der Waals surface area contributed by atoms with Crippen molar-refractivity contribution in [3.63, 3.8) is 0 Å². The second-order valence-corrected chi connectivity index (χ2v) is 5.39. The summed E-state index contributed by atoms with van der Waals surface area (Å²) in [6.07, 6.45) is 3.59. The lowest BCUT2D eigenvalue weighted by molar-refractivity contribution is 0.0900. The van der Waals surface area contributed by atoms with Gasteiger partial charge in [-0.3, -0.25) is 0 Å². The van der Waals surface area contributed by atoms with Gasteiger partial charge in [-0.2, -0.15) is 0 Å². The topological polar surface area (TPSA) is 56.5 Å². The summed E-state index contributed by atoms with van der Waals surface area (Å²) in [5.41, 5.74) is 7.68. The first kappa shape index (κ1) is 15.0. The molecule has 0 aliphatic carbocycles. The number of rotatable bonds is 7. The second kappa shape index (κ2) is 7.39. The Labute approximate surface area is 121 Å². The number of benzene rings is 1. The van der Waals surface area contributed by atoms with Crippen LogP contribution in [0.4, 0.5) is 11.4 Å². The second-order valence-electron chi connectivity index (χ2n) is 5.39. The number of hydrogen-bond acceptors (Lipinski definition) is 4. The molecule has 1 aliphatic heterocycles. The Morgan fingerprint density at radius 3 is 2.95 bits per heavy atom. The molecule has 112 valence electrons. The van der Waals surface area contributed by atoms with E-state index in [1.54, 1.807) is 0 Å². The average Bonchev–Trinajstić information content (AvgIpc) is 2.90. The minimum Gasteiger partial charge on any atom is -0.493 e. The number of nitrogen functional groups attached to an aromatic ring is 1. The molecule has 0 aromatic heterocycles. The molecule has 1 saturated heterocycles. The monoisotopic (exact) mass is 278 g/mol. The van der Waals surface area contributed by atoms with E-state index in [1.807, 2.05) is 18.2 Å². The standard InChI is InChI=1S/C16H26N2O2/c1-3-6-19-15-9-13(17)8-14(10-15)18-11-12-5-7-20-16(12)4-2/h8-10,12,16,18H,3-7,11,17H2,1-2H3. The molecule has 0 bridgehead atoms. The van der Waals surface area contributed by atoms with Crippen molar-refractivity contribution in [2.45, 2.75) is 39.2 Å². The number of nitrogens with one attached hydrogen (secondary N) is 1. The van der Waals surface area contributed by atoms with Gasteiger partial charge in [0.05, 0.1) is 12.7 Å². The summed E-state index contributed by atoms with van der Waals surface area (Å²) in [4.78, 5) is 0. The molecule has 0 spiro atoms. The fourth-order valence-corrected chi connectivity index (χ4v) is 2.65. The molecule has 1 aromatic rings. The van der Waals surface area contributed by atoms with E-state index in [4.69, 9.17) is 15.2 Å². The molecule has 1 heterocycles. The van der Waals surface area contributed by atoms with Crippen molar-refractivity contribution < 1.29 is 9.47 Å². The van der Waals surface area contributed by atoms with Crippen LogP contribution < -0.4 is 15.8 Å². The third-order valence-electron chi connectivity index (χ3n) is 3.72. The lowest BCUT2D eigenvalue weighted by Crippen LogP contribution is -2.22. The number of hydrogen-bond donors (Lipinski definition) is 2. The fraction of sp³-hybridized carbons (Fsp3) is 0.625. The highest BCUT2D eigenvalue weighted by molar-refractivity contribution is 5.59. The first-order chi connectivity index (χ1) is 9.72. The average molecular weight is 278 g/mol. The Bertz CT molecular complexity index is 423. The highest BCUT2D eigenvalue weighted by atomic mass is 16.5. The van der Waals surface area contributed by atoms with E-state index >= 15 is 0 Å². The summed E-state index contributed by atoms with van der Waals surface area (Å²) in [5, 5.41) is 3.47. The van der Waals surface area contributed by atoms with Crippen LogP contribution in [0.2, 0.25) is 0 Å². The lowest BCUT2D eigenvalue weighted by Gasteiger charge is -2.18. The molecule has 1 fully saturated rings. The maximum Gasteiger partial charge on any atom is 0.123 e. The summed E-state index contributed by atoms with van der Waals surface area (Å²) in [6.45, 7) is 6.80. The van der Waals surface area contributed by atoms with Crippen LogP contribution in [0.15, 0.2) is 18.2 Å². The van der Waals surface area contributed by atoms with Crippen molar-refractivity contribution >= 4 is 11.4 Å². The van der Waals surface area contributed by atoms with Gasteiger partial charge in [0.1, 0.15) is 5.75 Å². The van der Waals surface area contributed by atoms with E-state index < -0.39 is 0 Å². The smallest absolute Gasteiger partial charge is 0.123 e. The van der Waals surface area contributed by atoms with E-state index in [9.17, 15) is 0 Å². The van der Waals surface area contributed by atoms with Gasteiger partial charge in [-0.1, -0.05) is 13.8 Å². The molecule has 3 N–H and O–H groups in total. The minimum atomic E-state index is 0.388. The number of nitrogens with two attached hydrogens (primary N) is 1. The van der Waals surface area contributed by atoms with Gasteiger partial charge in [0.25, 0.3) is 0 Å². The van der Waals surface area contributed by atoms with Gasteiger partial charge in [-0.15, -0.1) is 0 Å². The Morgan fingerprint density at radius 1 is 1.35 bits per heavy atom. The third kappa shape index (κ3) is 4.04. The van der Waals surface area contributed by atoms with E-state index in [1.165, 1.54) is 0 Å². The van der Waals surface area contributed by atoms with Gasteiger partial charge in [0, 0.05) is 42.6 Å². The van der Waals surface area contributed by atoms with Gasteiger partial charge < -0.3 is 20.5 Å². The summed E-state index contributed by atoms with van der Waals surface area (Å²) < 4.78 is 11.4. The maximum absolute atomic E-state index is 5.92. The first-order valence-corrected chi connectivity index (χ1v) is 7.61. The van der Waals surface area contributed by atoms with Gasteiger partial charge in [-0.05, 0) is 25.3 Å². The molecule has 0 saturated carbocycles. The zero-order valence-corrected chi connectivity index (χ0v) is 12.5. The van der Waals surface area contributed by atoms with Crippen molar-refractivity contribution in [1.29, 1.82) is 0 Å². The van der Waals surface area contributed by atoms with Crippen LogP contribution in [0.3, 0.4) is 0 Å². The van der Waals surface area contributed by atoms with Crippen LogP contribution in [0.25, 0.3) is 0 Å². The Morgan fingerprint density at radius 2 is 2.20 bits per heavy atom. The zero-order valence-electron chi connectivity index (χ0n) is 12.5. The van der Waals surface area contributed by atoms with Crippen LogP contribution in [0, 0.1) is 5.92 Å². The number of ether oxygens (including phenoxy) is 2. The molecule has 1 aliphatic rings. The van der Waals surface area contributed by atoms with Gasteiger partial charge in [0.2, 0.25) is 0 Å². The van der Waals surface area contributed by atoms with Gasteiger partial charge >= 0.3 is 0 Å². The van der Waals surface area contributed by atoms with Crippen LogP contribution in [-0.2, 0) is 4.74 Å². The summed E-state index contributed by atoms with van der Waals surface area (Å²) in [6, 6.07) is 5.84. The molecule has 2 unspecified atom stereocenters. The molecule has 0 amide bonds. The molecular weight excluding hydrogens is 252 g/mol. The van der Waals surface area contributed by atoms with Gasteiger partial charge in [-0.25, -0.2) is 0 Å². The highest BCUT2D eigenvalue weighted by Crippen LogP contribution is 2.26. The Kier molecular flexibility index (Phi) is 5.53. The van der Waals surface area contributed by atoms with Crippen molar-refractivity contribution in [2.24, 2.45) is 5.92 Å². The summed E-state index contributed by atoms with van der Waals surface area (Å²) in [7, 11) is 0. The summed E-state index contributed by atoms with van der Waals surface area (Å²) >= 11 is 0. The van der Waals surface area contributed by atoms with E-state index in [0.29, 0.717) is 12.0 Å². The van der Waals surface area contributed by atoms with Crippen molar-refractivity contribution in [3.8, 4) is 5.75 Å². The van der Waals surface area contributed by atoms with Gasteiger partial charge in [0.15, 0.2) is 0 Å². The third-order valence-corrected chi connectivity index (χ3v) is 3.72. The Balaban J connectivity index is 1.93. The van der Waals surface area contributed by atoms with Crippen molar-refractivity contribution in [2.75, 3.05) is 30.8 Å². The molecule has 20 heavy (non-hydrogen) atoms. The molecular formula is C16H26N2O2. The normalized spacial score (nSPS) is 21.9. The predicted molar refractivity (Wildman–Crippen MR) is 83.3 cm³/mol. The highest BCUT2D eigenvalue weighted by Gasteiger charge is 2.26. The maximum atomic E-state index is 5.92. The van der Waals surface area contributed by atoms with Crippen molar-refractivity contribution in [3.05, 3.63) is 18.2 Å². The number of anilines is 2. The molecule has 2 rings (SSSR count). The lowest BCUT2D eigenvalue weighted by atomic mass is 9.99. The van der Waals surface area contributed by atoms with E-state index in [-0.39, 0.29) is 0 Å². The Hall–Kier alpha value is -1.42.